The molecule has 21 heavy (non-hydrogen) atoms. The highest BCUT2D eigenvalue weighted by atomic mass is 32.2. The number of carbonyl (C=O) groups is 2. The molecule has 1 aromatic carbocycles. The highest BCUT2D eigenvalue weighted by molar-refractivity contribution is 7.98. The van der Waals surface area contributed by atoms with Crippen LogP contribution >= 0.6 is 11.8 Å². The van der Waals surface area contributed by atoms with Gasteiger partial charge in [-0.05, 0) is 43.8 Å². The van der Waals surface area contributed by atoms with Gasteiger partial charge in [-0.2, -0.15) is 11.8 Å². The first-order valence-electron chi connectivity index (χ1n) is 7.00. The lowest BCUT2D eigenvalue weighted by molar-refractivity contribution is -0.169. The van der Waals surface area contributed by atoms with Crippen molar-refractivity contribution >= 4 is 23.7 Å². The van der Waals surface area contributed by atoms with Crippen LogP contribution < -0.4 is 0 Å². The van der Waals surface area contributed by atoms with Gasteiger partial charge in [-0.25, -0.2) is 0 Å². The van der Waals surface area contributed by atoms with E-state index in [4.69, 9.17) is 4.74 Å². The molecular weight excluding hydrogens is 288 g/mol. The summed E-state index contributed by atoms with van der Waals surface area (Å²) < 4.78 is 5.05. The molecule has 1 unspecified atom stereocenters. The molecule has 0 aliphatic carbocycles. The smallest absolute Gasteiger partial charge is 0.323 e. The van der Waals surface area contributed by atoms with E-state index >= 15 is 0 Å². The van der Waals surface area contributed by atoms with Crippen molar-refractivity contribution in [3.05, 3.63) is 35.9 Å². The maximum absolute atomic E-state index is 12.3. The highest BCUT2D eigenvalue weighted by Crippen LogP contribution is 2.32. The number of esters is 1. The van der Waals surface area contributed by atoms with Crippen molar-refractivity contribution in [1.82, 2.24) is 0 Å². The van der Waals surface area contributed by atoms with Gasteiger partial charge < -0.3 is 9.84 Å². The SMILES string of the molecule is CCOC(=O)C(CCCSC)(Cc1ccccc1)C(=O)O. The zero-order valence-electron chi connectivity index (χ0n) is 12.5. The molecule has 0 saturated carbocycles. The van der Waals surface area contributed by atoms with Crippen LogP contribution in [0.2, 0.25) is 0 Å². The second kappa shape index (κ2) is 8.72. The third kappa shape index (κ3) is 4.77. The molecule has 0 aliphatic heterocycles. The summed E-state index contributed by atoms with van der Waals surface area (Å²) in [6, 6.07) is 9.23. The summed E-state index contributed by atoms with van der Waals surface area (Å²) in [5.74, 6) is -0.920. The van der Waals surface area contributed by atoms with Crippen molar-refractivity contribution in [2.24, 2.45) is 5.41 Å². The zero-order valence-corrected chi connectivity index (χ0v) is 13.3. The van der Waals surface area contributed by atoms with Crippen LogP contribution in [0.4, 0.5) is 0 Å². The maximum atomic E-state index is 12.3. The topological polar surface area (TPSA) is 63.6 Å². The summed E-state index contributed by atoms with van der Waals surface area (Å²) in [5, 5.41) is 9.67. The minimum atomic E-state index is -1.49. The van der Waals surface area contributed by atoms with Crippen LogP contribution in [0.15, 0.2) is 30.3 Å². The fourth-order valence-electron chi connectivity index (χ4n) is 2.26. The quantitative estimate of drug-likeness (QED) is 0.431. The third-order valence-corrected chi connectivity index (χ3v) is 4.07. The standard InChI is InChI=1S/C16H22O4S/c1-3-20-15(19)16(14(17)18,10-7-11-21-2)12-13-8-5-4-6-9-13/h4-6,8-9H,3,7,10-12H2,1-2H3,(H,17,18). The van der Waals surface area contributed by atoms with Gasteiger partial charge >= 0.3 is 11.9 Å². The molecule has 116 valence electrons. The van der Waals surface area contributed by atoms with Gasteiger partial charge in [0.1, 0.15) is 0 Å². The molecule has 1 N–H and O–H groups in total. The van der Waals surface area contributed by atoms with Crippen LogP contribution in [0.3, 0.4) is 0 Å². The molecule has 1 rings (SSSR count). The number of thioether (sulfide) groups is 1. The van der Waals surface area contributed by atoms with Gasteiger partial charge in [0, 0.05) is 0 Å². The number of aliphatic carboxylic acids is 1. The lowest BCUT2D eigenvalue weighted by atomic mass is 9.78. The van der Waals surface area contributed by atoms with E-state index in [0.717, 1.165) is 11.3 Å². The molecule has 0 radical (unpaired) electrons. The second-order valence-corrected chi connectivity index (χ2v) is 5.85. The third-order valence-electron chi connectivity index (χ3n) is 3.38. The molecule has 0 fully saturated rings. The minimum absolute atomic E-state index is 0.163. The van der Waals surface area contributed by atoms with E-state index in [9.17, 15) is 14.7 Å². The molecule has 0 bridgehead atoms. The summed E-state index contributed by atoms with van der Waals surface area (Å²) >= 11 is 1.64. The number of benzene rings is 1. The molecule has 0 aliphatic rings. The van der Waals surface area contributed by atoms with Crippen molar-refractivity contribution in [3.63, 3.8) is 0 Å². The normalized spacial score (nSPS) is 13.4. The first-order chi connectivity index (χ1) is 10.1. The Labute approximate surface area is 129 Å². The number of rotatable bonds is 9. The van der Waals surface area contributed by atoms with Crippen LogP contribution in [0.1, 0.15) is 25.3 Å². The molecule has 5 heteroatoms. The predicted molar refractivity (Wildman–Crippen MR) is 84.5 cm³/mol. The Hall–Kier alpha value is -1.49. The summed E-state index contributed by atoms with van der Waals surface area (Å²) in [5.41, 5.74) is -0.662. The van der Waals surface area contributed by atoms with Crippen molar-refractivity contribution in [3.8, 4) is 0 Å². The summed E-state index contributed by atoms with van der Waals surface area (Å²) in [6.45, 7) is 1.88. The van der Waals surface area contributed by atoms with E-state index in [1.165, 1.54) is 0 Å². The Morgan fingerprint density at radius 1 is 1.29 bits per heavy atom. The van der Waals surface area contributed by atoms with E-state index in [2.05, 4.69) is 0 Å². The minimum Gasteiger partial charge on any atom is -0.480 e. The molecular formula is C16H22O4S. The number of ether oxygens (including phenoxy) is 1. The highest BCUT2D eigenvalue weighted by Gasteiger charge is 2.47. The van der Waals surface area contributed by atoms with Gasteiger partial charge in [0.15, 0.2) is 5.41 Å². The Morgan fingerprint density at radius 3 is 2.48 bits per heavy atom. The van der Waals surface area contributed by atoms with Crippen LogP contribution in [-0.2, 0) is 20.7 Å². The van der Waals surface area contributed by atoms with E-state index in [-0.39, 0.29) is 19.4 Å². The first kappa shape index (κ1) is 17.6. The molecule has 4 nitrogen and oxygen atoms in total. The number of hydrogen-bond acceptors (Lipinski definition) is 4. The Balaban J connectivity index is 3.04. The summed E-state index contributed by atoms with van der Waals surface area (Å²) in [7, 11) is 0. The van der Waals surface area contributed by atoms with Crippen LogP contribution in [0.5, 0.6) is 0 Å². The van der Waals surface area contributed by atoms with E-state index in [0.29, 0.717) is 6.42 Å². The fourth-order valence-corrected chi connectivity index (χ4v) is 2.70. The van der Waals surface area contributed by atoms with Gasteiger partial charge in [0.25, 0.3) is 0 Å². The van der Waals surface area contributed by atoms with Crippen LogP contribution in [-0.4, -0.2) is 35.7 Å². The lowest BCUT2D eigenvalue weighted by Crippen LogP contribution is -2.43. The second-order valence-electron chi connectivity index (χ2n) is 4.87. The van der Waals surface area contributed by atoms with Crippen molar-refractivity contribution in [1.29, 1.82) is 0 Å². The number of carboxylic acid groups (broad SMARTS) is 1. The molecule has 0 spiro atoms. The average Bonchev–Trinajstić information content (AvgIpc) is 2.47. The van der Waals surface area contributed by atoms with Gasteiger partial charge in [-0.3, -0.25) is 9.59 Å². The van der Waals surface area contributed by atoms with Crippen molar-refractivity contribution < 1.29 is 19.4 Å². The van der Waals surface area contributed by atoms with Gasteiger partial charge in [0.2, 0.25) is 0 Å². The van der Waals surface area contributed by atoms with Crippen molar-refractivity contribution in [2.45, 2.75) is 26.2 Å². The molecule has 1 atom stereocenters. The Kier molecular flexibility index (Phi) is 7.29. The van der Waals surface area contributed by atoms with Gasteiger partial charge in [-0.15, -0.1) is 0 Å². The fraction of sp³-hybridized carbons (Fsp3) is 0.500. The number of hydrogen-bond donors (Lipinski definition) is 1. The van der Waals surface area contributed by atoms with Crippen molar-refractivity contribution in [2.75, 3.05) is 18.6 Å². The zero-order chi connectivity index (χ0) is 15.7. The molecule has 0 aromatic heterocycles. The van der Waals surface area contributed by atoms with E-state index < -0.39 is 17.4 Å². The molecule has 0 heterocycles. The van der Waals surface area contributed by atoms with Crippen LogP contribution in [0.25, 0.3) is 0 Å². The predicted octanol–water partition coefficient (Wildman–Crippen LogP) is 3.01. The number of carboxylic acids is 1. The summed E-state index contributed by atoms with van der Waals surface area (Å²) in [6.07, 6.45) is 3.08. The lowest BCUT2D eigenvalue weighted by Gasteiger charge is -2.27. The average molecular weight is 310 g/mol. The first-order valence-corrected chi connectivity index (χ1v) is 8.39. The monoisotopic (exact) mass is 310 g/mol. The molecule has 0 saturated heterocycles. The van der Waals surface area contributed by atoms with Gasteiger partial charge in [-0.1, -0.05) is 30.3 Å². The number of carbonyl (C=O) groups excluding carboxylic acids is 1. The van der Waals surface area contributed by atoms with Crippen LogP contribution in [0, 0.1) is 5.41 Å². The Bertz CT molecular complexity index is 461. The Morgan fingerprint density at radius 2 is 1.95 bits per heavy atom. The largest absolute Gasteiger partial charge is 0.480 e. The molecule has 1 aromatic rings. The summed E-state index contributed by atoms with van der Waals surface area (Å²) in [4.78, 5) is 24.1. The van der Waals surface area contributed by atoms with E-state index in [1.807, 2.05) is 36.6 Å². The van der Waals surface area contributed by atoms with Gasteiger partial charge in [0.05, 0.1) is 6.61 Å². The maximum Gasteiger partial charge on any atom is 0.323 e. The molecule has 0 amide bonds. The van der Waals surface area contributed by atoms with E-state index in [1.54, 1.807) is 18.7 Å².